The van der Waals surface area contributed by atoms with Crippen molar-refractivity contribution in [2.75, 3.05) is 16.3 Å². The maximum atomic E-state index is 8.27. The first-order chi connectivity index (χ1) is 10.6. The van der Waals surface area contributed by atoms with Crippen LogP contribution in [0.25, 0.3) is 0 Å². The second-order valence-electron chi connectivity index (χ2n) is 5.23. The molecule has 1 heterocycles. The summed E-state index contributed by atoms with van der Waals surface area (Å²) in [6, 6.07) is 15.6. The molecule has 0 fully saturated rings. The van der Waals surface area contributed by atoms with Gasteiger partial charge in [-0.1, -0.05) is 23.7 Å². The molecular weight excluding hydrogens is 296 g/mol. The van der Waals surface area contributed by atoms with E-state index in [2.05, 4.69) is 4.90 Å². The van der Waals surface area contributed by atoms with Gasteiger partial charge >= 0.3 is 0 Å². The molecule has 1 aliphatic rings. The van der Waals surface area contributed by atoms with Crippen LogP contribution in [0.5, 0.6) is 0 Å². The highest BCUT2D eigenvalue weighted by atomic mass is 35.5. The molecule has 0 amide bonds. The molecule has 22 heavy (non-hydrogen) atoms. The minimum absolute atomic E-state index is 0.357. The molecule has 0 radical (unpaired) electrons. The molecule has 0 bridgehead atoms. The molecule has 0 saturated carbocycles. The summed E-state index contributed by atoms with van der Waals surface area (Å²) in [5, 5.41) is 17.0. The third kappa shape index (κ3) is 2.57. The predicted octanol–water partition coefficient (Wildman–Crippen LogP) is 4.66. The highest BCUT2D eigenvalue weighted by Gasteiger charge is 2.25. The van der Waals surface area contributed by atoms with E-state index in [0.717, 1.165) is 17.1 Å². The molecular formula is C17H17ClN4. The Morgan fingerprint density at radius 3 is 2.32 bits per heavy atom. The monoisotopic (exact) mass is 312 g/mol. The number of hydrogen-bond donors (Lipinski definition) is 2. The summed E-state index contributed by atoms with van der Waals surface area (Å²) in [7, 11) is 0. The van der Waals surface area contributed by atoms with Crippen molar-refractivity contribution in [2.24, 2.45) is 0 Å². The van der Waals surface area contributed by atoms with Crippen LogP contribution in [0.2, 0.25) is 5.02 Å². The standard InChI is InChI=1S/C17H17ClN4/c1-12(19)22-16-5-3-2-4-15(16)21(11-10-17(22)20)14-8-6-13(18)7-9-14/h2-9,19-20H,10-11H2,1H3. The van der Waals surface area contributed by atoms with E-state index in [1.54, 1.807) is 11.8 Å². The quantitative estimate of drug-likeness (QED) is 0.594. The number of anilines is 3. The van der Waals surface area contributed by atoms with Crippen molar-refractivity contribution in [1.82, 2.24) is 0 Å². The number of para-hydroxylation sites is 2. The number of halogens is 1. The summed E-state index contributed by atoms with van der Waals surface area (Å²) in [6.45, 7) is 2.41. The van der Waals surface area contributed by atoms with Gasteiger partial charge in [-0.2, -0.15) is 0 Å². The Kier molecular flexibility index (Phi) is 3.86. The van der Waals surface area contributed by atoms with E-state index in [-0.39, 0.29) is 0 Å². The van der Waals surface area contributed by atoms with Gasteiger partial charge in [0.05, 0.1) is 11.4 Å². The summed E-state index contributed by atoms with van der Waals surface area (Å²) in [5.74, 6) is 0.798. The van der Waals surface area contributed by atoms with E-state index < -0.39 is 0 Å². The van der Waals surface area contributed by atoms with Crippen molar-refractivity contribution in [3.63, 3.8) is 0 Å². The van der Waals surface area contributed by atoms with Crippen molar-refractivity contribution in [3.8, 4) is 0 Å². The summed E-state index contributed by atoms with van der Waals surface area (Å²) in [5.41, 5.74) is 2.90. The lowest BCUT2D eigenvalue weighted by molar-refractivity contribution is 0.969. The fourth-order valence-electron chi connectivity index (χ4n) is 2.75. The Bertz CT molecular complexity index is 724. The highest BCUT2D eigenvalue weighted by molar-refractivity contribution is 6.30. The Labute approximate surface area is 135 Å². The van der Waals surface area contributed by atoms with Crippen LogP contribution in [-0.4, -0.2) is 18.2 Å². The number of nitrogens with zero attached hydrogens (tertiary/aromatic N) is 2. The zero-order chi connectivity index (χ0) is 15.7. The molecule has 5 heteroatoms. The Morgan fingerprint density at radius 2 is 1.68 bits per heavy atom. The lowest BCUT2D eigenvalue weighted by Crippen LogP contribution is -2.33. The zero-order valence-corrected chi connectivity index (χ0v) is 13.1. The minimum atomic E-state index is 0.357. The number of rotatable bonds is 1. The van der Waals surface area contributed by atoms with Crippen molar-refractivity contribution in [2.45, 2.75) is 13.3 Å². The Morgan fingerprint density at radius 1 is 1.05 bits per heavy atom. The van der Waals surface area contributed by atoms with Crippen LogP contribution in [0.3, 0.4) is 0 Å². The molecule has 0 aromatic heterocycles. The van der Waals surface area contributed by atoms with Crippen molar-refractivity contribution in [3.05, 3.63) is 53.6 Å². The van der Waals surface area contributed by atoms with Gasteiger partial charge in [-0.3, -0.25) is 15.7 Å². The summed E-state index contributed by atoms with van der Waals surface area (Å²) in [6.07, 6.45) is 0.577. The van der Waals surface area contributed by atoms with Gasteiger partial charge in [0.15, 0.2) is 0 Å². The maximum absolute atomic E-state index is 8.27. The molecule has 112 valence electrons. The fourth-order valence-corrected chi connectivity index (χ4v) is 2.88. The molecule has 0 aliphatic carbocycles. The van der Waals surface area contributed by atoms with Crippen LogP contribution in [-0.2, 0) is 0 Å². The number of amidine groups is 2. The number of nitrogens with one attached hydrogen (secondary N) is 2. The molecule has 2 aromatic rings. The average Bonchev–Trinajstić information content (AvgIpc) is 2.64. The number of fused-ring (bicyclic) bond motifs is 1. The maximum Gasteiger partial charge on any atom is 0.108 e. The van der Waals surface area contributed by atoms with Gasteiger partial charge in [0.2, 0.25) is 0 Å². The molecule has 2 N–H and O–H groups in total. The smallest absolute Gasteiger partial charge is 0.108 e. The van der Waals surface area contributed by atoms with Crippen LogP contribution < -0.4 is 9.80 Å². The van der Waals surface area contributed by atoms with E-state index >= 15 is 0 Å². The van der Waals surface area contributed by atoms with Gasteiger partial charge in [-0.15, -0.1) is 0 Å². The topological polar surface area (TPSA) is 54.2 Å². The summed E-state index contributed by atoms with van der Waals surface area (Å²) >= 11 is 5.98. The zero-order valence-electron chi connectivity index (χ0n) is 12.3. The van der Waals surface area contributed by atoms with Crippen molar-refractivity contribution >= 4 is 40.3 Å². The largest absolute Gasteiger partial charge is 0.339 e. The second-order valence-corrected chi connectivity index (χ2v) is 5.67. The van der Waals surface area contributed by atoms with Gasteiger partial charge in [0, 0.05) is 23.7 Å². The van der Waals surface area contributed by atoms with E-state index in [1.807, 2.05) is 48.5 Å². The molecule has 0 unspecified atom stereocenters. The first-order valence-electron chi connectivity index (χ1n) is 7.13. The van der Waals surface area contributed by atoms with Crippen LogP contribution in [0.4, 0.5) is 17.1 Å². The lowest BCUT2D eigenvalue weighted by atomic mass is 10.2. The normalized spacial score (nSPS) is 14.5. The van der Waals surface area contributed by atoms with Crippen LogP contribution in [0.1, 0.15) is 13.3 Å². The molecule has 4 nitrogen and oxygen atoms in total. The van der Waals surface area contributed by atoms with Crippen LogP contribution >= 0.6 is 11.6 Å². The fraction of sp³-hybridized carbons (Fsp3) is 0.176. The predicted molar refractivity (Wildman–Crippen MR) is 93.1 cm³/mol. The van der Waals surface area contributed by atoms with Crippen molar-refractivity contribution < 1.29 is 0 Å². The Balaban J connectivity index is 2.13. The molecule has 3 rings (SSSR count). The molecule has 0 saturated heterocycles. The van der Waals surface area contributed by atoms with E-state index in [1.165, 1.54) is 0 Å². The highest BCUT2D eigenvalue weighted by Crippen LogP contribution is 2.37. The van der Waals surface area contributed by atoms with Gasteiger partial charge < -0.3 is 4.90 Å². The van der Waals surface area contributed by atoms with Crippen LogP contribution in [0, 0.1) is 10.8 Å². The summed E-state index contributed by atoms with van der Waals surface area (Å²) in [4.78, 5) is 3.87. The SMILES string of the molecule is CC(=N)N1C(=N)CCN(c2ccc(Cl)cc2)c2ccccc21. The molecule has 1 aliphatic heterocycles. The lowest BCUT2D eigenvalue weighted by Gasteiger charge is -2.26. The second kappa shape index (κ2) is 5.81. The molecule has 0 spiro atoms. The van der Waals surface area contributed by atoms with Gasteiger partial charge in [0.1, 0.15) is 11.7 Å². The van der Waals surface area contributed by atoms with E-state index in [4.69, 9.17) is 22.4 Å². The van der Waals surface area contributed by atoms with E-state index in [9.17, 15) is 0 Å². The van der Waals surface area contributed by atoms with Gasteiger partial charge in [-0.05, 0) is 43.3 Å². The molecule has 2 aromatic carbocycles. The average molecular weight is 313 g/mol. The first kappa shape index (κ1) is 14.6. The minimum Gasteiger partial charge on any atom is -0.339 e. The number of hydrogen-bond acceptors (Lipinski definition) is 3. The van der Waals surface area contributed by atoms with Crippen LogP contribution in [0.15, 0.2) is 48.5 Å². The first-order valence-corrected chi connectivity index (χ1v) is 7.50. The number of benzene rings is 2. The Hall–Kier alpha value is -2.33. The van der Waals surface area contributed by atoms with E-state index in [0.29, 0.717) is 29.7 Å². The summed E-state index contributed by atoms with van der Waals surface area (Å²) < 4.78 is 0. The van der Waals surface area contributed by atoms with Gasteiger partial charge in [-0.25, -0.2) is 0 Å². The molecule has 0 atom stereocenters. The third-order valence-electron chi connectivity index (χ3n) is 3.73. The van der Waals surface area contributed by atoms with Gasteiger partial charge in [0.25, 0.3) is 0 Å². The van der Waals surface area contributed by atoms with Crippen molar-refractivity contribution in [1.29, 1.82) is 10.8 Å². The third-order valence-corrected chi connectivity index (χ3v) is 3.98.